The van der Waals surface area contributed by atoms with Gasteiger partial charge >= 0.3 is 21.6 Å². The number of hydrogen-bond acceptors (Lipinski definition) is 5. The van der Waals surface area contributed by atoms with Crippen LogP contribution in [-0.4, -0.2) is 35.6 Å². The normalized spacial score (nSPS) is 11.3. The smallest absolute Gasteiger partial charge is 0.475 e. The third-order valence-corrected chi connectivity index (χ3v) is 3.08. The fourth-order valence-corrected chi connectivity index (χ4v) is 2.13. The molecule has 6 N–H and O–H groups in total. The zero-order chi connectivity index (χ0) is 18.5. The van der Waals surface area contributed by atoms with Crippen LogP contribution in [0.15, 0.2) is 42.7 Å². The average Bonchev–Trinajstić information content (AvgIpc) is 2.76. The van der Waals surface area contributed by atoms with Crippen LogP contribution in [0.1, 0.15) is 0 Å². The Bertz CT molecular complexity index is 799. The summed E-state index contributed by atoms with van der Waals surface area (Å²) in [5.41, 5.74) is 0.774. The fraction of sp³-hybridized carbons (Fsp3) is 0. The lowest BCUT2D eigenvalue weighted by molar-refractivity contribution is -0.135. The number of carboxylic acid groups (broad SMARTS) is 1. The van der Waals surface area contributed by atoms with E-state index in [9.17, 15) is 13.9 Å². The van der Waals surface area contributed by atoms with E-state index in [1.54, 1.807) is 6.07 Å². The number of fused-ring (bicyclic) bond motifs is 1. The molecule has 0 aliphatic carbocycles. The number of benzene rings is 1. The van der Waals surface area contributed by atoms with Crippen LogP contribution in [0.5, 0.6) is 5.88 Å². The van der Waals surface area contributed by atoms with Gasteiger partial charge < -0.3 is 19.1 Å². The highest BCUT2D eigenvalue weighted by Gasteiger charge is 2.20. The van der Waals surface area contributed by atoms with Crippen molar-refractivity contribution in [1.29, 1.82) is 0 Å². The van der Waals surface area contributed by atoms with Gasteiger partial charge in [0.05, 0.1) is 0 Å². The molecular weight excluding hydrogens is 368 g/mol. The third kappa shape index (κ3) is 7.42. The largest absolute Gasteiger partial charge is 0.525 e. The monoisotopic (exact) mass is 381 g/mol. The molecule has 0 radical (unpaired) electrons. The lowest BCUT2D eigenvalue weighted by Crippen LogP contribution is -2.01. The number of hydrogen-bond donors (Lipinski definition) is 6. The molecule has 1 aromatic carbocycles. The van der Waals surface area contributed by atoms with E-state index in [1.807, 2.05) is 18.2 Å². The molecule has 0 bridgehead atoms. The van der Waals surface area contributed by atoms with Crippen molar-refractivity contribution in [1.82, 2.24) is 4.98 Å². The van der Waals surface area contributed by atoms with Crippen LogP contribution < -0.4 is 4.52 Å². The van der Waals surface area contributed by atoms with E-state index < -0.39 is 27.4 Å². The maximum Gasteiger partial charge on any atom is 0.525 e. The molecule has 13 heteroatoms. The van der Waals surface area contributed by atoms with Crippen LogP contribution in [0, 0.1) is 0 Å². The maximum atomic E-state index is 10.5. The Morgan fingerprint density at radius 3 is 2.08 bits per heavy atom. The molecule has 2 rings (SSSR count). The highest BCUT2D eigenvalue weighted by atomic mass is 31.2. The number of phosphoric acid groups is 2. The molecule has 0 saturated heterocycles. The zero-order valence-corrected chi connectivity index (χ0v) is 13.6. The lowest BCUT2D eigenvalue weighted by atomic mass is 10.3. The maximum absolute atomic E-state index is 10.5. The van der Waals surface area contributed by atoms with Gasteiger partial charge in [-0.2, -0.15) is 0 Å². The van der Waals surface area contributed by atoms with E-state index in [1.165, 1.54) is 6.07 Å². The van der Waals surface area contributed by atoms with E-state index in [4.69, 9.17) is 24.7 Å². The summed E-state index contributed by atoms with van der Waals surface area (Å²) in [7, 11) is -9.23. The predicted octanol–water partition coefficient (Wildman–Crippen LogP) is 1.33. The van der Waals surface area contributed by atoms with Gasteiger partial charge in [-0.05, 0) is 12.6 Å². The molecule has 0 aliphatic heterocycles. The third-order valence-electron chi connectivity index (χ3n) is 2.19. The number of nitrogens with one attached hydrogen (secondary N) is 1. The van der Waals surface area contributed by atoms with Crippen LogP contribution in [0.2, 0.25) is 0 Å². The molecule has 0 unspecified atom stereocenters. The first-order valence-electron chi connectivity index (χ1n) is 5.87. The van der Waals surface area contributed by atoms with Crippen molar-refractivity contribution in [3.05, 3.63) is 42.7 Å². The minimum Gasteiger partial charge on any atom is -0.475 e. The van der Waals surface area contributed by atoms with E-state index in [-0.39, 0.29) is 5.88 Å². The molecule has 0 amide bonds. The first-order valence-corrected chi connectivity index (χ1v) is 8.94. The van der Waals surface area contributed by atoms with Crippen LogP contribution in [-0.2, 0) is 18.4 Å². The van der Waals surface area contributed by atoms with E-state index >= 15 is 0 Å². The van der Waals surface area contributed by atoms with Gasteiger partial charge in [0.2, 0.25) is 11.6 Å². The van der Waals surface area contributed by atoms with Crippen LogP contribution in [0.25, 0.3) is 10.9 Å². The van der Waals surface area contributed by atoms with Gasteiger partial charge in [-0.15, -0.1) is 0 Å². The van der Waals surface area contributed by atoms with Crippen LogP contribution in [0.3, 0.4) is 0 Å². The Labute approximate surface area is 134 Å². The van der Waals surface area contributed by atoms with Crippen molar-refractivity contribution in [3.8, 4) is 5.88 Å². The molecule has 132 valence electrons. The van der Waals surface area contributed by atoms with Crippen LogP contribution in [0.4, 0.5) is 0 Å². The van der Waals surface area contributed by atoms with Crippen LogP contribution >= 0.6 is 15.6 Å². The standard InChI is InChI=1S/C8H8NO4P.C3H5O6P/c10-14(11,12)13-8-5-6-3-1-2-4-7(6)9-8;1-2(3(4)5)9-10(6,7)8/h1-5,9H,(H2,10,11,12);1H2,(H,4,5)(H2,6,7,8). The number of H-pyrrole nitrogens is 1. The minimum absolute atomic E-state index is 0.0690. The van der Waals surface area contributed by atoms with Crippen molar-refractivity contribution < 1.29 is 47.7 Å². The topological polar surface area (TPSA) is 187 Å². The molecule has 0 atom stereocenters. The Morgan fingerprint density at radius 1 is 1.08 bits per heavy atom. The summed E-state index contributed by atoms with van der Waals surface area (Å²) in [6.45, 7) is 2.73. The van der Waals surface area contributed by atoms with E-state index in [0.29, 0.717) is 0 Å². The second-order valence-electron chi connectivity index (χ2n) is 4.11. The summed E-state index contributed by atoms with van der Waals surface area (Å²) in [6.07, 6.45) is 0. The summed E-state index contributed by atoms with van der Waals surface area (Å²) >= 11 is 0. The lowest BCUT2D eigenvalue weighted by Gasteiger charge is -2.03. The molecule has 2 aromatic rings. The number of para-hydroxylation sites is 1. The van der Waals surface area contributed by atoms with Crippen molar-refractivity contribution in [2.24, 2.45) is 0 Å². The van der Waals surface area contributed by atoms with Gasteiger partial charge in [-0.25, -0.2) is 13.9 Å². The summed E-state index contributed by atoms with van der Waals surface area (Å²) in [5, 5.41) is 8.82. The van der Waals surface area contributed by atoms with Gasteiger partial charge in [0.1, 0.15) is 0 Å². The van der Waals surface area contributed by atoms with Gasteiger partial charge in [-0.3, -0.25) is 19.6 Å². The molecule has 0 spiro atoms. The molecule has 1 aromatic heterocycles. The highest BCUT2D eigenvalue weighted by Crippen LogP contribution is 2.38. The summed E-state index contributed by atoms with van der Waals surface area (Å²) < 4.78 is 28.4. The Kier molecular flexibility index (Phi) is 6.33. The van der Waals surface area contributed by atoms with Crippen molar-refractivity contribution in [3.63, 3.8) is 0 Å². The predicted molar refractivity (Wildman–Crippen MR) is 80.9 cm³/mol. The average molecular weight is 381 g/mol. The molecule has 0 fully saturated rings. The summed E-state index contributed by atoms with van der Waals surface area (Å²) in [6, 6.07) is 8.80. The summed E-state index contributed by atoms with van der Waals surface area (Å²) in [4.78, 5) is 45.7. The molecule has 0 saturated carbocycles. The van der Waals surface area contributed by atoms with Crippen molar-refractivity contribution in [2.45, 2.75) is 0 Å². The number of aromatic amines is 1. The minimum atomic E-state index is -4.76. The molecule has 0 aliphatic rings. The quantitative estimate of drug-likeness (QED) is 0.251. The van der Waals surface area contributed by atoms with E-state index in [0.717, 1.165) is 10.9 Å². The van der Waals surface area contributed by atoms with Gasteiger partial charge in [0.15, 0.2) is 0 Å². The Hall–Kier alpha value is -2.13. The molecule has 24 heavy (non-hydrogen) atoms. The number of aliphatic carboxylic acids is 1. The summed E-state index contributed by atoms with van der Waals surface area (Å²) in [5.74, 6) is -2.52. The van der Waals surface area contributed by atoms with Gasteiger partial charge in [0, 0.05) is 17.0 Å². The second-order valence-corrected chi connectivity index (χ2v) is 6.44. The number of carboxylic acids is 1. The van der Waals surface area contributed by atoms with Crippen molar-refractivity contribution in [2.75, 3.05) is 0 Å². The number of aromatic nitrogens is 1. The first kappa shape index (κ1) is 19.9. The van der Waals surface area contributed by atoms with Crippen molar-refractivity contribution >= 4 is 32.5 Å². The zero-order valence-electron chi connectivity index (χ0n) is 11.8. The molecular formula is C11H13NO10P2. The number of rotatable bonds is 5. The number of phosphoric ester groups is 2. The molecule has 11 nitrogen and oxygen atoms in total. The molecule has 1 heterocycles. The fourth-order valence-electron chi connectivity index (χ4n) is 1.41. The Balaban J connectivity index is 0.000000257. The highest BCUT2D eigenvalue weighted by molar-refractivity contribution is 7.46. The Morgan fingerprint density at radius 2 is 1.67 bits per heavy atom. The second kappa shape index (κ2) is 7.63. The number of carbonyl (C=O) groups is 1. The first-order chi connectivity index (χ1) is 10.9. The van der Waals surface area contributed by atoms with E-state index in [2.05, 4.69) is 20.6 Å². The van der Waals surface area contributed by atoms with Gasteiger partial charge in [-0.1, -0.05) is 18.2 Å². The van der Waals surface area contributed by atoms with Gasteiger partial charge in [0.25, 0.3) is 0 Å². The SMILES string of the molecule is C=C(OP(=O)(O)O)C(=O)O.O=P(O)(O)Oc1cc2ccccc2[nH]1.